The Hall–Kier alpha value is -3.93. The molecule has 0 aliphatic rings. The quantitative estimate of drug-likeness (QED) is 0.215. The predicted octanol–water partition coefficient (Wildman–Crippen LogP) is 2.49. The van der Waals surface area contributed by atoms with Gasteiger partial charge in [0, 0.05) is 147 Å². The highest BCUT2D eigenvalue weighted by molar-refractivity contribution is 7.91. The summed E-state index contributed by atoms with van der Waals surface area (Å²) in [5.41, 5.74) is 4.47. The summed E-state index contributed by atoms with van der Waals surface area (Å²) in [6.45, 7) is 18.5. The lowest BCUT2D eigenvalue weighted by Crippen LogP contribution is -2.28. The molecule has 0 fully saturated rings. The Morgan fingerprint density at radius 2 is 0.522 bits per heavy atom. The van der Waals surface area contributed by atoms with E-state index in [-0.39, 0.29) is 70.9 Å². The van der Waals surface area contributed by atoms with Gasteiger partial charge < -0.3 is 46.2 Å². The number of sulfone groups is 4. The molecule has 0 radical (unpaired) electrons. The summed E-state index contributed by atoms with van der Waals surface area (Å²) in [4.78, 5) is 63.1. The number of nitrogens with one attached hydrogen (secondary N) is 4. The molecule has 39 heteroatoms. The second kappa shape index (κ2) is 93.8. The van der Waals surface area contributed by atoms with E-state index < -0.39 is 75.4 Å². The van der Waals surface area contributed by atoms with Crippen LogP contribution >= 0.6 is 0 Å². The van der Waals surface area contributed by atoms with Crippen LogP contribution in [0.2, 0.25) is 0 Å². The molecule has 0 aromatic rings. The van der Waals surface area contributed by atoms with Gasteiger partial charge in [-0.1, -0.05) is 84.1 Å². The normalized spacial score (nSPS) is 9.08. The highest BCUT2D eigenvalue weighted by Gasteiger charge is 2.01. The van der Waals surface area contributed by atoms with Crippen LogP contribution in [0.3, 0.4) is 0 Å². The topological polar surface area (TPSA) is 461 Å². The number of primary amides is 1. The van der Waals surface area contributed by atoms with Crippen LogP contribution in [0.15, 0.2) is 0 Å². The molecule has 0 aromatic carbocycles. The SMILES string of the molecule is C.C.C.C.CC(=O)N(C)C.CC(=O)O.CC(N)=O.CCC.CCC.CCS(C)(=O)=O.CCS(C)(=O)=O.CN(C)C.CN(C)C.CN(C)S(C)(=O)=O.CN(C)S(C)(=O)=O.CNC(=O)NC.CNC(C)=O.CNS(C)(=O)=O.COC(C)=O.CS(C)(=O)=O.CS(C)(=O)=O. The van der Waals surface area contributed by atoms with E-state index >= 15 is 0 Å². The Balaban J connectivity index is -0.0000000296. The lowest BCUT2D eigenvalue weighted by atomic mass is 10.6. The average molecular weight is 1470 g/mol. The third-order valence-corrected chi connectivity index (χ3v) is 9.96. The Morgan fingerprint density at radius 3 is 0.522 bits per heavy atom. The fraction of sp³-hybridized carbons (Fsp3) is 0.882. The van der Waals surface area contributed by atoms with Crippen molar-refractivity contribution in [3.8, 4) is 0 Å². The van der Waals surface area contributed by atoms with Gasteiger partial charge in [0.25, 0.3) is 5.97 Å². The number of nitrogens with zero attached hydrogens (tertiary/aromatic N) is 5. The van der Waals surface area contributed by atoms with Crippen LogP contribution in [0.1, 0.15) is 119 Å². The van der Waals surface area contributed by atoms with Crippen molar-refractivity contribution in [1.82, 2.24) is 44.0 Å². The number of carboxylic acids is 1. The Bertz CT molecular complexity index is 2150. The first-order chi connectivity index (χ1) is 37.3. The zero-order valence-corrected chi connectivity index (χ0v) is 65.2. The van der Waals surface area contributed by atoms with E-state index in [0.29, 0.717) is 0 Å². The van der Waals surface area contributed by atoms with E-state index in [1.807, 2.05) is 52.1 Å². The number of methoxy groups -OCH3 is 1. The zero-order valence-electron chi connectivity index (χ0n) is 59.5. The fourth-order valence-corrected chi connectivity index (χ4v) is 0.125. The third kappa shape index (κ3) is 686. The van der Waals surface area contributed by atoms with E-state index in [1.54, 1.807) is 49.1 Å². The molecule has 0 unspecified atom stereocenters. The Kier molecular flexibility index (Phi) is 153. The maximum atomic E-state index is 10.3. The minimum Gasteiger partial charge on any atom is -0.481 e. The van der Waals surface area contributed by atoms with E-state index in [0.717, 1.165) is 59.3 Å². The number of urea groups is 1. The van der Waals surface area contributed by atoms with Crippen LogP contribution in [0, 0.1) is 0 Å². The van der Waals surface area contributed by atoms with Gasteiger partial charge in [0.15, 0.2) is 0 Å². The van der Waals surface area contributed by atoms with Gasteiger partial charge in [-0.25, -0.2) is 77.1 Å². The maximum Gasteiger partial charge on any atom is 0.314 e. The molecule has 0 heterocycles. The van der Waals surface area contributed by atoms with Crippen LogP contribution in [-0.4, -0.2) is 311 Å². The summed E-state index contributed by atoms with van der Waals surface area (Å²) in [6, 6.07) is -0.157. The van der Waals surface area contributed by atoms with E-state index in [4.69, 9.17) is 9.90 Å². The van der Waals surface area contributed by atoms with Crippen molar-refractivity contribution in [2.75, 3.05) is 188 Å². The number of hydrogen-bond donors (Lipinski definition) is 6. The van der Waals surface area contributed by atoms with E-state index in [2.05, 4.69) is 58.8 Å². The van der Waals surface area contributed by atoms with Gasteiger partial charge in [0.1, 0.15) is 39.3 Å². The van der Waals surface area contributed by atoms with E-state index in [9.17, 15) is 82.9 Å². The molecule has 0 atom stereocenters. The van der Waals surface area contributed by atoms with E-state index in [1.165, 1.54) is 100 Å². The highest BCUT2D eigenvalue weighted by Crippen LogP contribution is 1.84. The molecule has 0 spiro atoms. The molecule has 570 valence electrons. The van der Waals surface area contributed by atoms with Crippen molar-refractivity contribution >= 4 is 105 Å². The third-order valence-electron chi connectivity index (χ3n) is 4.47. The van der Waals surface area contributed by atoms with Crippen LogP contribution in [0.4, 0.5) is 4.79 Å². The molecular formula is C51H142N10O22S7. The number of amides is 5. The summed E-state index contributed by atoms with van der Waals surface area (Å²) in [5, 5.41) is 14.5. The molecule has 0 aliphatic carbocycles. The molecule has 0 aliphatic heterocycles. The number of aliphatic carboxylic acids is 1. The highest BCUT2D eigenvalue weighted by atomic mass is 32.2. The number of rotatable bonds is 5. The number of ether oxygens (including phenoxy) is 1. The number of carbonyl (C=O) groups excluding carboxylic acids is 5. The van der Waals surface area contributed by atoms with Crippen molar-refractivity contribution in [2.45, 2.75) is 119 Å². The van der Waals surface area contributed by atoms with Crippen molar-refractivity contribution in [3.05, 3.63) is 0 Å². The molecule has 5 amide bonds. The summed E-state index contributed by atoms with van der Waals surface area (Å²) in [5.74, 6) is -0.829. The molecule has 0 saturated carbocycles. The number of esters is 1. The second-order valence-corrected chi connectivity index (χ2v) is 33.5. The minimum absolute atomic E-state index is 0. The van der Waals surface area contributed by atoms with Gasteiger partial charge in [-0.15, -0.1) is 0 Å². The van der Waals surface area contributed by atoms with Crippen molar-refractivity contribution in [3.63, 3.8) is 0 Å². The first-order valence-corrected chi connectivity index (χ1v) is 38.9. The van der Waals surface area contributed by atoms with Crippen molar-refractivity contribution < 1.29 is 97.5 Å². The summed E-state index contributed by atoms with van der Waals surface area (Å²) < 4.78 is 148. The van der Waals surface area contributed by atoms with Crippen LogP contribution in [0.5, 0.6) is 0 Å². The molecule has 0 saturated heterocycles. The standard InChI is InChI=1S/C4H9NO.C3H8N2O.2C3H9NO2S.C3H7NO.2C3H9N.2C3H8O2S.C3H6O2.2C3H8.C2H7NO2S.C2H5NO.2C2H6O2S.C2H4O2.4CH4/c1-4(6)5(2)3;1-4-3(6)5-2;2*1-4(2)7(3,5)6;1-3(5)4-2;2*1-4(2)3;2*1-3-6(2,4)5;1-3(4)5-2;2*1-3-2;1-3-6(2,4)5;1-2(3)4;2*1-5(2,3)4;1-2(3)4;;;;/h1-3H3;1-2H3,(H2,4,5,6);2*1-3H3;1-2H3,(H,4,5);2*1-3H3;2*3H2,1-2H3;1-2H3;2*3H2,1-2H3;3H,1-2H3;1H3,(H2,3,4);2*1-2H3;1H3,(H,3,4);4*1H4. The molecule has 32 nitrogen and oxygen atoms in total. The van der Waals surface area contributed by atoms with Crippen LogP contribution < -0.4 is 26.4 Å². The maximum absolute atomic E-state index is 10.3. The minimum atomic E-state index is -2.91. The van der Waals surface area contributed by atoms with Gasteiger partial charge in [0.2, 0.25) is 47.8 Å². The number of carboxylic acid groups (broad SMARTS) is 1. The number of nitrogens with two attached hydrogens (primary N) is 1. The molecule has 0 aromatic heterocycles. The monoisotopic (exact) mass is 1470 g/mol. The van der Waals surface area contributed by atoms with Crippen LogP contribution in [0.25, 0.3) is 0 Å². The van der Waals surface area contributed by atoms with Gasteiger partial charge in [-0.05, 0) is 49.3 Å². The predicted molar refractivity (Wildman–Crippen MR) is 385 cm³/mol. The number of hydrogen-bond acceptors (Lipinski definition) is 23. The van der Waals surface area contributed by atoms with Gasteiger partial charge in [-0.3, -0.25) is 24.0 Å². The fourth-order valence-electron chi connectivity index (χ4n) is 0.125. The van der Waals surface area contributed by atoms with Crippen LogP contribution in [-0.2, 0) is 98.1 Å². The first kappa shape index (κ1) is 147. The number of sulfonamides is 3. The molecular weight excluding hydrogens is 1330 g/mol. The summed E-state index contributed by atoms with van der Waals surface area (Å²) in [6.07, 6.45) is 13.0. The van der Waals surface area contributed by atoms with Crippen molar-refractivity contribution in [2.24, 2.45) is 5.73 Å². The molecule has 7 N–H and O–H groups in total. The molecule has 0 bridgehead atoms. The largest absolute Gasteiger partial charge is 0.481 e. The number of carbonyl (C=O) groups is 6. The Morgan fingerprint density at radius 1 is 0.433 bits per heavy atom. The first-order valence-electron chi connectivity index (χ1n) is 24.6. The zero-order chi connectivity index (χ0) is 75.2. The molecule has 90 heavy (non-hydrogen) atoms. The smallest absolute Gasteiger partial charge is 0.314 e. The summed E-state index contributed by atoms with van der Waals surface area (Å²) >= 11 is 0. The van der Waals surface area contributed by atoms with Gasteiger partial charge in [0.05, 0.1) is 25.9 Å². The molecule has 0 rings (SSSR count). The van der Waals surface area contributed by atoms with Crippen molar-refractivity contribution in [1.29, 1.82) is 0 Å². The second-order valence-electron chi connectivity index (χ2n) is 17.8. The lowest BCUT2D eigenvalue weighted by molar-refractivity contribution is -0.138. The lowest BCUT2D eigenvalue weighted by Gasteiger charge is -2.02. The summed E-state index contributed by atoms with van der Waals surface area (Å²) in [7, 11) is 9.50. The average Bonchev–Trinajstić information content (AvgIpc) is 3.25. The Labute approximate surface area is 555 Å². The van der Waals surface area contributed by atoms with Gasteiger partial charge >= 0.3 is 12.0 Å². The van der Waals surface area contributed by atoms with Gasteiger partial charge in [-0.2, -0.15) is 0 Å².